The van der Waals surface area contributed by atoms with Gasteiger partial charge in [-0.05, 0) is 30.9 Å². The molecule has 7 nitrogen and oxygen atoms in total. The number of hydrogen-bond donors (Lipinski definition) is 1. The van der Waals surface area contributed by atoms with Crippen molar-refractivity contribution in [3.8, 4) is 0 Å². The number of aryl methyl sites for hydroxylation is 2. The Morgan fingerprint density at radius 1 is 1.29 bits per heavy atom. The summed E-state index contributed by atoms with van der Waals surface area (Å²) in [6.45, 7) is 0.651. The fourth-order valence-corrected chi connectivity index (χ4v) is 2.28. The summed E-state index contributed by atoms with van der Waals surface area (Å²) < 4.78 is 1.56. The lowest BCUT2D eigenvalue weighted by Gasteiger charge is -2.03. The van der Waals surface area contributed by atoms with Crippen molar-refractivity contribution < 1.29 is 9.90 Å². The molecule has 0 saturated heterocycles. The Morgan fingerprint density at radius 3 is 3.00 bits per heavy atom. The number of allylic oxidation sites excluding steroid dienone is 1. The van der Waals surface area contributed by atoms with Gasteiger partial charge in [-0.25, -0.2) is 4.79 Å². The number of aromatic nitrogens is 5. The number of aromatic carboxylic acids is 1. The minimum absolute atomic E-state index is 0.0220. The zero-order valence-corrected chi connectivity index (χ0v) is 11.4. The standard InChI is InChI=1S/C14H15N5O2/c20-14(21)13-9-19(18-17-13)7-2-1-5-11-8-10-4-3-6-12(10)16-15-11/h3-4,8-9H,1-2,5-7H2,(H,20,21). The molecule has 0 fully saturated rings. The molecule has 0 amide bonds. The number of rotatable bonds is 6. The second-order valence-corrected chi connectivity index (χ2v) is 4.97. The van der Waals surface area contributed by atoms with E-state index >= 15 is 0 Å². The van der Waals surface area contributed by atoms with Crippen LogP contribution in [0.4, 0.5) is 0 Å². The van der Waals surface area contributed by atoms with Gasteiger partial charge >= 0.3 is 5.97 Å². The number of unbranched alkanes of at least 4 members (excludes halogenated alkanes) is 1. The van der Waals surface area contributed by atoms with Gasteiger partial charge in [-0.3, -0.25) is 4.68 Å². The van der Waals surface area contributed by atoms with Crippen molar-refractivity contribution in [3.63, 3.8) is 0 Å². The van der Waals surface area contributed by atoms with Gasteiger partial charge in [0.2, 0.25) is 0 Å². The van der Waals surface area contributed by atoms with Crippen LogP contribution >= 0.6 is 0 Å². The molecule has 7 heteroatoms. The fourth-order valence-electron chi connectivity index (χ4n) is 2.28. The SMILES string of the molecule is O=C(O)c1cn(CCCCc2cc3c(nn2)CC=C3)nn1. The monoisotopic (exact) mass is 285 g/mol. The van der Waals surface area contributed by atoms with Gasteiger partial charge in [-0.1, -0.05) is 17.4 Å². The molecule has 108 valence electrons. The molecule has 2 aromatic rings. The maximum absolute atomic E-state index is 10.7. The summed E-state index contributed by atoms with van der Waals surface area (Å²) in [5.41, 5.74) is 3.18. The predicted octanol–water partition coefficient (Wildman–Crippen LogP) is 1.36. The largest absolute Gasteiger partial charge is 0.476 e. The summed E-state index contributed by atoms with van der Waals surface area (Å²) in [5.74, 6) is -1.05. The first kappa shape index (κ1) is 13.4. The van der Waals surface area contributed by atoms with Crippen molar-refractivity contribution in [2.24, 2.45) is 0 Å². The third-order valence-electron chi connectivity index (χ3n) is 3.39. The van der Waals surface area contributed by atoms with Gasteiger partial charge in [0.05, 0.1) is 17.6 Å². The summed E-state index contributed by atoms with van der Waals surface area (Å²) in [6, 6.07) is 2.09. The van der Waals surface area contributed by atoms with Crippen LogP contribution in [0, 0.1) is 0 Å². The Kier molecular flexibility index (Phi) is 3.72. The molecule has 0 aliphatic heterocycles. The minimum Gasteiger partial charge on any atom is -0.476 e. The van der Waals surface area contributed by atoms with Crippen LogP contribution in [-0.2, 0) is 19.4 Å². The Balaban J connectivity index is 1.47. The third-order valence-corrected chi connectivity index (χ3v) is 3.39. The van der Waals surface area contributed by atoms with Crippen LogP contribution in [0.25, 0.3) is 6.08 Å². The summed E-state index contributed by atoms with van der Waals surface area (Å²) in [4.78, 5) is 10.7. The molecule has 3 rings (SSSR count). The van der Waals surface area contributed by atoms with Crippen molar-refractivity contribution in [3.05, 3.63) is 41.0 Å². The minimum atomic E-state index is -1.05. The van der Waals surface area contributed by atoms with Gasteiger partial charge in [-0.2, -0.15) is 10.2 Å². The van der Waals surface area contributed by atoms with E-state index in [1.54, 1.807) is 4.68 Å². The van der Waals surface area contributed by atoms with Gasteiger partial charge in [0, 0.05) is 13.0 Å². The molecule has 0 bridgehead atoms. The molecule has 2 aromatic heterocycles. The number of carboxylic acid groups (broad SMARTS) is 1. The molecule has 1 N–H and O–H groups in total. The molecule has 1 aliphatic carbocycles. The van der Waals surface area contributed by atoms with Crippen LogP contribution in [0.3, 0.4) is 0 Å². The number of carboxylic acids is 1. The lowest BCUT2D eigenvalue weighted by molar-refractivity contribution is 0.0690. The molecule has 2 heterocycles. The van der Waals surface area contributed by atoms with E-state index in [2.05, 4.69) is 38.7 Å². The summed E-state index contributed by atoms with van der Waals surface area (Å²) >= 11 is 0. The molecule has 0 aromatic carbocycles. The number of carbonyl (C=O) groups is 1. The third kappa shape index (κ3) is 3.13. The van der Waals surface area contributed by atoms with Crippen LogP contribution in [0.2, 0.25) is 0 Å². The molecule has 21 heavy (non-hydrogen) atoms. The zero-order chi connectivity index (χ0) is 14.7. The van der Waals surface area contributed by atoms with Gasteiger partial charge in [0.1, 0.15) is 0 Å². The second-order valence-electron chi connectivity index (χ2n) is 4.97. The normalized spacial score (nSPS) is 12.6. The highest BCUT2D eigenvalue weighted by Gasteiger charge is 2.09. The topological polar surface area (TPSA) is 93.8 Å². The van der Waals surface area contributed by atoms with E-state index in [4.69, 9.17) is 5.11 Å². The van der Waals surface area contributed by atoms with Crippen molar-refractivity contribution in [2.75, 3.05) is 0 Å². The highest BCUT2D eigenvalue weighted by atomic mass is 16.4. The molecule has 0 saturated carbocycles. The first-order chi connectivity index (χ1) is 10.2. The van der Waals surface area contributed by atoms with E-state index in [-0.39, 0.29) is 5.69 Å². The predicted molar refractivity (Wildman–Crippen MR) is 74.7 cm³/mol. The van der Waals surface area contributed by atoms with Crippen LogP contribution in [0.5, 0.6) is 0 Å². The number of hydrogen-bond acceptors (Lipinski definition) is 5. The van der Waals surface area contributed by atoms with Gasteiger partial charge in [0.15, 0.2) is 5.69 Å². The van der Waals surface area contributed by atoms with Gasteiger partial charge in [0.25, 0.3) is 0 Å². The lowest BCUT2D eigenvalue weighted by atomic mass is 10.1. The molecule has 1 aliphatic rings. The van der Waals surface area contributed by atoms with Gasteiger partial charge < -0.3 is 5.11 Å². The average molecular weight is 285 g/mol. The highest BCUT2D eigenvalue weighted by Crippen LogP contribution is 2.17. The highest BCUT2D eigenvalue weighted by molar-refractivity contribution is 5.84. The quantitative estimate of drug-likeness (QED) is 0.805. The second kappa shape index (κ2) is 5.82. The maximum atomic E-state index is 10.7. The van der Waals surface area contributed by atoms with E-state index in [9.17, 15) is 4.79 Å². The van der Waals surface area contributed by atoms with E-state index in [0.29, 0.717) is 6.54 Å². The Morgan fingerprint density at radius 2 is 2.19 bits per heavy atom. The van der Waals surface area contributed by atoms with E-state index in [1.165, 1.54) is 11.8 Å². The Labute approximate surface area is 121 Å². The van der Waals surface area contributed by atoms with Gasteiger partial charge in [-0.15, -0.1) is 5.10 Å². The van der Waals surface area contributed by atoms with Crippen LogP contribution in [0.15, 0.2) is 18.3 Å². The van der Waals surface area contributed by atoms with Crippen molar-refractivity contribution in [1.82, 2.24) is 25.2 Å². The van der Waals surface area contributed by atoms with Crippen LogP contribution < -0.4 is 0 Å². The first-order valence-corrected chi connectivity index (χ1v) is 6.88. The molecule has 0 unspecified atom stereocenters. The summed E-state index contributed by atoms with van der Waals surface area (Å²) in [7, 11) is 0. The molecular weight excluding hydrogens is 270 g/mol. The van der Waals surface area contributed by atoms with E-state index in [0.717, 1.165) is 37.1 Å². The lowest BCUT2D eigenvalue weighted by Crippen LogP contribution is -2.02. The van der Waals surface area contributed by atoms with Crippen LogP contribution in [0.1, 0.15) is 40.3 Å². The summed E-state index contributed by atoms with van der Waals surface area (Å²) in [5, 5.41) is 24.5. The molecule has 0 radical (unpaired) electrons. The number of fused-ring (bicyclic) bond motifs is 1. The fraction of sp³-hybridized carbons (Fsp3) is 0.357. The van der Waals surface area contributed by atoms with Crippen molar-refractivity contribution in [2.45, 2.75) is 32.2 Å². The smallest absolute Gasteiger partial charge is 0.358 e. The van der Waals surface area contributed by atoms with Crippen LogP contribution in [-0.4, -0.2) is 36.3 Å². The maximum Gasteiger partial charge on any atom is 0.358 e. The van der Waals surface area contributed by atoms with E-state index in [1.807, 2.05) is 0 Å². The number of nitrogens with zero attached hydrogens (tertiary/aromatic N) is 5. The molecule has 0 atom stereocenters. The Bertz CT molecular complexity index is 692. The van der Waals surface area contributed by atoms with E-state index < -0.39 is 5.97 Å². The average Bonchev–Trinajstić information content (AvgIpc) is 3.12. The molecule has 0 spiro atoms. The zero-order valence-electron chi connectivity index (χ0n) is 11.4. The Hall–Kier alpha value is -2.57. The first-order valence-electron chi connectivity index (χ1n) is 6.88. The summed E-state index contributed by atoms with van der Waals surface area (Å²) in [6.07, 6.45) is 9.18. The van der Waals surface area contributed by atoms with Crippen molar-refractivity contribution >= 4 is 12.0 Å². The van der Waals surface area contributed by atoms with Crippen molar-refractivity contribution in [1.29, 1.82) is 0 Å². The molecular formula is C14H15N5O2.